The zero-order chi connectivity index (χ0) is 10.8. The highest BCUT2D eigenvalue weighted by Gasteiger charge is 2.08. The van der Waals surface area contributed by atoms with E-state index >= 15 is 0 Å². The molecule has 0 radical (unpaired) electrons. The van der Waals surface area contributed by atoms with Crippen LogP contribution in [0.2, 0.25) is 0 Å². The zero-order valence-electron chi connectivity index (χ0n) is 7.77. The van der Waals surface area contributed by atoms with Crippen LogP contribution < -0.4 is 5.73 Å². The van der Waals surface area contributed by atoms with E-state index in [2.05, 4.69) is 10.2 Å². The number of hydrogen-bond donors (Lipinski definition) is 3. The number of aromatic carboxylic acids is 1. The van der Waals surface area contributed by atoms with Gasteiger partial charge in [-0.15, -0.1) is 0 Å². The normalized spacial score (nSPS) is 10.1. The number of nitrogen functional groups attached to an aromatic ring is 1. The van der Waals surface area contributed by atoms with Crippen LogP contribution in [0.3, 0.4) is 0 Å². The van der Waals surface area contributed by atoms with Crippen LogP contribution in [-0.2, 0) is 0 Å². The minimum atomic E-state index is -1.05. The molecule has 76 valence electrons. The predicted octanol–water partition coefficient (Wildman–Crippen LogP) is 1.36. The van der Waals surface area contributed by atoms with E-state index in [4.69, 9.17) is 10.8 Å². The minimum absolute atomic E-state index is 0.00169. The quantitative estimate of drug-likeness (QED) is 0.642. The van der Waals surface area contributed by atoms with Gasteiger partial charge in [-0.25, -0.2) is 4.79 Å². The van der Waals surface area contributed by atoms with Gasteiger partial charge < -0.3 is 10.8 Å². The van der Waals surface area contributed by atoms with Gasteiger partial charge in [-0.1, -0.05) is 12.1 Å². The molecule has 1 aromatic heterocycles. The number of carboxylic acids is 1. The summed E-state index contributed by atoms with van der Waals surface area (Å²) < 4.78 is 0. The summed E-state index contributed by atoms with van der Waals surface area (Å²) in [6.07, 6.45) is 0. The summed E-state index contributed by atoms with van der Waals surface area (Å²) in [5, 5.41) is 15.0. The van der Waals surface area contributed by atoms with Crippen molar-refractivity contribution < 1.29 is 9.90 Å². The second kappa shape index (κ2) is 3.45. The smallest absolute Gasteiger partial charge is 0.356 e. The first-order chi connectivity index (χ1) is 7.16. The molecule has 0 saturated heterocycles. The van der Waals surface area contributed by atoms with Crippen LogP contribution in [0.5, 0.6) is 0 Å². The summed E-state index contributed by atoms with van der Waals surface area (Å²) in [4.78, 5) is 10.6. The molecule has 0 saturated carbocycles. The van der Waals surface area contributed by atoms with Gasteiger partial charge in [0.25, 0.3) is 0 Å². The monoisotopic (exact) mass is 203 g/mol. The number of carboxylic acid groups (broad SMARTS) is 1. The number of nitrogens with zero attached hydrogens (tertiary/aromatic N) is 1. The van der Waals surface area contributed by atoms with E-state index in [1.54, 1.807) is 24.3 Å². The van der Waals surface area contributed by atoms with Gasteiger partial charge in [-0.2, -0.15) is 5.10 Å². The summed E-state index contributed by atoms with van der Waals surface area (Å²) in [6, 6.07) is 8.57. The van der Waals surface area contributed by atoms with Crippen molar-refractivity contribution in [2.45, 2.75) is 0 Å². The molecule has 0 fully saturated rings. The highest BCUT2D eigenvalue weighted by molar-refractivity contribution is 5.86. The summed E-state index contributed by atoms with van der Waals surface area (Å²) in [5.41, 5.74) is 7.71. The Kier molecular flexibility index (Phi) is 2.13. The predicted molar refractivity (Wildman–Crippen MR) is 55.4 cm³/mol. The van der Waals surface area contributed by atoms with Crippen LogP contribution in [0.25, 0.3) is 11.3 Å². The first-order valence-electron chi connectivity index (χ1n) is 4.31. The van der Waals surface area contributed by atoms with Crippen molar-refractivity contribution in [2.75, 3.05) is 5.73 Å². The second-order valence-corrected chi connectivity index (χ2v) is 3.09. The number of nitrogens with two attached hydrogens (primary N) is 1. The minimum Gasteiger partial charge on any atom is -0.476 e. The maximum atomic E-state index is 10.6. The third-order valence-electron chi connectivity index (χ3n) is 2.02. The van der Waals surface area contributed by atoms with Gasteiger partial charge in [0, 0.05) is 5.69 Å². The Morgan fingerprint density at radius 3 is 2.53 bits per heavy atom. The largest absolute Gasteiger partial charge is 0.476 e. The van der Waals surface area contributed by atoms with Gasteiger partial charge in [0.15, 0.2) is 5.69 Å². The first kappa shape index (κ1) is 9.26. The Morgan fingerprint density at radius 2 is 2.00 bits per heavy atom. The van der Waals surface area contributed by atoms with Crippen LogP contribution in [0.4, 0.5) is 5.69 Å². The fraction of sp³-hybridized carbons (Fsp3) is 0. The van der Waals surface area contributed by atoms with Gasteiger partial charge in [-0.3, -0.25) is 5.10 Å². The van der Waals surface area contributed by atoms with Crippen LogP contribution in [0, 0.1) is 0 Å². The van der Waals surface area contributed by atoms with E-state index < -0.39 is 5.97 Å². The van der Waals surface area contributed by atoms with Crippen molar-refractivity contribution in [1.82, 2.24) is 10.2 Å². The molecule has 0 aliphatic rings. The second-order valence-electron chi connectivity index (χ2n) is 3.09. The Morgan fingerprint density at radius 1 is 1.33 bits per heavy atom. The number of nitrogens with one attached hydrogen (secondary N) is 1. The molecule has 4 N–H and O–H groups in total. The maximum Gasteiger partial charge on any atom is 0.356 e. The molecular formula is C10H9N3O2. The molecule has 0 amide bonds. The zero-order valence-corrected chi connectivity index (χ0v) is 7.77. The van der Waals surface area contributed by atoms with E-state index in [1.807, 2.05) is 0 Å². The summed E-state index contributed by atoms with van der Waals surface area (Å²) in [5.74, 6) is -1.05. The van der Waals surface area contributed by atoms with E-state index in [0.717, 1.165) is 5.56 Å². The molecule has 0 aliphatic carbocycles. The highest BCUT2D eigenvalue weighted by Crippen LogP contribution is 2.18. The SMILES string of the molecule is Nc1ccc(-c2cc(C(=O)O)n[nH]2)cc1. The average Bonchev–Trinajstić information content (AvgIpc) is 2.68. The van der Waals surface area contributed by atoms with Crippen molar-refractivity contribution in [3.05, 3.63) is 36.0 Å². The molecular weight excluding hydrogens is 194 g/mol. The number of hydrogen-bond acceptors (Lipinski definition) is 3. The van der Waals surface area contributed by atoms with Gasteiger partial charge in [0.2, 0.25) is 0 Å². The number of aromatic amines is 1. The Hall–Kier alpha value is -2.30. The number of carbonyl (C=O) groups is 1. The molecule has 0 unspecified atom stereocenters. The van der Waals surface area contributed by atoms with E-state index in [-0.39, 0.29) is 5.69 Å². The molecule has 1 heterocycles. The van der Waals surface area contributed by atoms with Gasteiger partial charge in [0.1, 0.15) is 0 Å². The lowest BCUT2D eigenvalue weighted by molar-refractivity contribution is 0.0690. The summed E-state index contributed by atoms with van der Waals surface area (Å²) >= 11 is 0. The average molecular weight is 203 g/mol. The van der Waals surface area contributed by atoms with Crippen molar-refractivity contribution in [2.24, 2.45) is 0 Å². The lowest BCUT2D eigenvalue weighted by Crippen LogP contribution is -1.95. The number of aromatic nitrogens is 2. The summed E-state index contributed by atoms with van der Waals surface area (Å²) in [6.45, 7) is 0. The molecule has 0 aliphatic heterocycles. The molecule has 5 nitrogen and oxygen atoms in total. The standard InChI is InChI=1S/C10H9N3O2/c11-7-3-1-6(2-4-7)8-5-9(10(14)15)13-12-8/h1-5H,11H2,(H,12,13)(H,14,15). The van der Waals surface area contributed by atoms with E-state index in [0.29, 0.717) is 11.4 Å². The van der Waals surface area contributed by atoms with Crippen LogP contribution in [0.1, 0.15) is 10.5 Å². The van der Waals surface area contributed by atoms with Crippen molar-refractivity contribution in [3.8, 4) is 11.3 Å². The van der Waals surface area contributed by atoms with Crippen molar-refractivity contribution >= 4 is 11.7 Å². The van der Waals surface area contributed by atoms with Gasteiger partial charge in [0.05, 0.1) is 5.69 Å². The third-order valence-corrected chi connectivity index (χ3v) is 2.02. The lowest BCUT2D eigenvalue weighted by atomic mass is 10.1. The fourth-order valence-electron chi connectivity index (χ4n) is 1.24. The topological polar surface area (TPSA) is 92.0 Å². The molecule has 0 bridgehead atoms. The van der Waals surface area contributed by atoms with Crippen molar-refractivity contribution in [3.63, 3.8) is 0 Å². The molecule has 2 aromatic rings. The summed E-state index contributed by atoms with van der Waals surface area (Å²) in [7, 11) is 0. The molecule has 5 heteroatoms. The number of H-pyrrole nitrogens is 1. The highest BCUT2D eigenvalue weighted by atomic mass is 16.4. The van der Waals surface area contributed by atoms with E-state index in [1.165, 1.54) is 6.07 Å². The van der Waals surface area contributed by atoms with Gasteiger partial charge >= 0.3 is 5.97 Å². The van der Waals surface area contributed by atoms with Crippen LogP contribution in [0.15, 0.2) is 30.3 Å². The van der Waals surface area contributed by atoms with E-state index in [9.17, 15) is 4.79 Å². The van der Waals surface area contributed by atoms with Crippen molar-refractivity contribution in [1.29, 1.82) is 0 Å². The molecule has 15 heavy (non-hydrogen) atoms. The Balaban J connectivity index is 2.37. The Labute approximate surface area is 85.5 Å². The first-order valence-corrected chi connectivity index (χ1v) is 4.31. The molecule has 0 spiro atoms. The van der Waals surface area contributed by atoms with Crippen LogP contribution in [-0.4, -0.2) is 21.3 Å². The Bertz CT molecular complexity index is 488. The third kappa shape index (κ3) is 1.80. The number of benzene rings is 1. The molecule has 1 aromatic carbocycles. The van der Waals surface area contributed by atoms with Crippen LogP contribution >= 0.6 is 0 Å². The molecule has 2 rings (SSSR count). The van der Waals surface area contributed by atoms with Gasteiger partial charge in [-0.05, 0) is 23.8 Å². The number of anilines is 1. The molecule has 0 atom stereocenters. The fourth-order valence-corrected chi connectivity index (χ4v) is 1.24. The maximum absolute atomic E-state index is 10.6. The lowest BCUT2D eigenvalue weighted by Gasteiger charge is -1.96. The number of rotatable bonds is 2.